The molecule has 5 aromatic rings. The van der Waals surface area contributed by atoms with Gasteiger partial charge in [-0.1, -0.05) is 66.7 Å². The van der Waals surface area contributed by atoms with Gasteiger partial charge >= 0.3 is 0 Å². The molecular formula is C27H24N2O2. The zero-order valence-electron chi connectivity index (χ0n) is 17.1. The van der Waals surface area contributed by atoms with Gasteiger partial charge in [-0.3, -0.25) is 0 Å². The number of fused-ring (bicyclic) bond motifs is 3. The van der Waals surface area contributed by atoms with E-state index in [1.165, 1.54) is 11.1 Å². The Morgan fingerprint density at radius 1 is 0.742 bits per heavy atom. The molecule has 0 saturated carbocycles. The summed E-state index contributed by atoms with van der Waals surface area (Å²) in [7, 11) is 0. The van der Waals surface area contributed by atoms with E-state index >= 15 is 0 Å². The Balaban J connectivity index is 1.21. The molecule has 5 rings (SSSR count). The minimum atomic E-state index is -0.630. The smallest absolute Gasteiger partial charge is 0.129 e. The van der Waals surface area contributed by atoms with Crippen LogP contribution in [0.15, 0.2) is 97.1 Å². The molecule has 4 nitrogen and oxygen atoms in total. The summed E-state index contributed by atoms with van der Waals surface area (Å²) in [5, 5.41) is 15.9. The predicted octanol–water partition coefficient (Wildman–Crippen LogP) is 5.84. The third kappa shape index (κ3) is 4.11. The number of H-pyrrole nitrogens is 1. The van der Waals surface area contributed by atoms with Gasteiger partial charge in [0, 0.05) is 28.5 Å². The van der Waals surface area contributed by atoms with E-state index in [4.69, 9.17) is 4.74 Å². The number of para-hydroxylation sites is 1. The highest BCUT2D eigenvalue weighted by molar-refractivity contribution is 6.10. The molecule has 3 N–H and O–H groups in total. The number of nitrogens with one attached hydrogen (secondary N) is 2. The molecule has 0 aliphatic heterocycles. The number of rotatable bonds is 7. The number of hydrogen-bond donors (Lipinski definition) is 3. The summed E-state index contributed by atoms with van der Waals surface area (Å²) in [6.45, 7) is 0.627. The third-order valence-corrected chi connectivity index (χ3v) is 5.46. The summed E-state index contributed by atoms with van der Waals surface area (Å²) in [6.07, 6.45) is -0.630. The van der Waals surface area contributed by atoms with Crippen LogP contribution in [-0.2, 0) is 0 Å². The highest BCUT2D eigenvalue weighted by atomic mass is 16.5. The molecule has 0 spiro atoms. The molecule has 0 radical (unpaired) electrons. The van der Waals surface area contributed by atoms with E-state index in [1.807, 2.05) is 60.7 Å². The molecule has 1 unspecified atom stereocenters. The molecule has 0 saturated heterocycles. The zero-order chi connectivity index (χ0) is 21.0. The maximum absolute atomic E-state index is 10.4. The normalized spacial score (nSPS) is 12.2. The molecule has 4 heteroatoms. The Labute approximate surface area is 181 Å². The summed E-state index contributed by atoms with van der Waals surface area (Å²) in [6, 6.07) is 32.6. The maximum atomic E-state index is 10.4. The topological polar surface area (TPSA) is 57.3 Å². The summed E-state index contributed by atoms with van der Waals surface area (Å²) >= 11 is 0. The highest BCUT2D eigenvalue weighted by Gasteiger charge is 2.11. The van der Waals surface area contributed by atoms with Gasteiger partial charge in [-0.25, -0.2) is 0 Å². The van der Waals surface area contributed by atoms with E-state index in [9.17, 15) is 5.11 Å². The molecule has 4 aromatic carbocycles. The molecular weight excluding hydrogens is 384 g/mol. The molecule has 1 heterocycles. The fourth-order valence-corrected chi connectivity index (χ4v) is 3.88. The van der Waals surface area contributed by atoms with E-state index in [0.29, 0.717) is 6.54 Å². The Hall–Kier alpha value is -3.76. The van der Waals surface area contributed by atoms with E-state index in [0.717, 1.165) is 33.2 Å². The predicted molar refractivity (Wildman–Crippen MR) is 128 cm³/mol. The molecule has 31 heavy (non-hydrogen) atoms. The van der Waals surface area contributed by atoms with Crippen LogP contribution in [0.3, 0.4) is 0 Å². The molecule has 0 fully saturated rings. The molecule has 1 atom stereocenters. The van der Waals surface area contributed by atoms with Crippen molar-refractivity contribution in [1.29, 1.82) is 0 Å². The average Bonchev–Trinajstić information content (AvgIpc) is 3.21. The van der Waals surface area contributed by atoms with Crippen molar-refractivity contribution in [2.24, 2.45) is 0 Å². The average molecular weight is 409 g/mol. The molecule has 0 bridgehead atoms. The van der Waals surface area contributed by atoms with Crippen molar-refractivity contribution in [3.05, 3.63) is 97.1 Å². The SMILES string of the molecule is OC(CNc1ccc(-c2ccccc2)cc1)COc1cccc2[nH]c3ccccc3c12. The lowest BCUT2D eigenvalue weighted by atomic mass is 10.1. The first-order chi connectivity index (χ1) is 15.3. The van der Waals surface area contributed by atoms with Crippen molar-refractivity contribution in [2.45, 2.75) is 6.10 Å². The van der Waals surface area contributed by atoms with Crippen LogP contribution in [0.2, 0.25) is 0 Å². The van der Waals surface area contributed by atoms with Crippen molar-refractivity contribution in [2.75, 3.05) is 18.5 Å². The monoisotopic (exact) mass is 408 g/mol. The van der Waals surface area contributed by atoms with Gasteiger partial charge in [0.25, 0.3) is 0 Å². The quantitative estimate of drug-likeness (QED) is 0.317. The van der Waals surface area contributed by atoms with Gasteiger partial charge in [0.1, 0.15) is 18.5 Å². The number of aromatic amines is 1. The van der Waals surface area contributed by atoms with E-state index in [1.54, 1.807) is 0 Å². The van der Waals surface area contributed by atoms with Crippen LogP contribution in [0, 0.1) is 0 Å². The van der Waals surface area contributed by atoms with Gasteiger partial charge in [-0.05, 0) is 41.5 Å². The van der Waals surface area contributed by atoms with Crippen molar-refractivity contribution in [3.8, 4) is 16.9 Å². The van der Waals surface area contributed by atoms with Crippen molar-refractivity contribution >= 4 is 27.5 Å². The van der Waals surface area contributed by atoms with Gasteiger partial charge in [-0.2, -0.15) is 0 Å². The number of anilines is 1. The first-order valence-corrected chi connectivity index (χ1v) is 10.5. The molecule has 154 valence electrons. The van der Waals surface area contributed by atoms with Crippen molar-refractivity contribution in [3.63, 3.8) is 0 Å². The Kier molecular flexibility index (Phi) is 5.29. The lowest BCUT2D eigenvalue weighted by molar-refractivity contribution is 0.118. The van der Waals surface area contributed by atoms with Crippen LogP contribution in [-0.4, -0.2) is 29.3 Å². The van der Waals surface area contributed by atoms with Gasteiger partial charge < -0.3 is 20.1 Å². The Morgan fingerprint density at radius 3 is 2.29 bits per heavy atom. The Morgan fingerprint density at radius 2 is 1.45 bits per heavy atom. The van der Waals surface area contributed by atoms with Crippen LogP contribution in [0.4, 0.5) is 5.69 Å². The van der Waals surface area contributed by atoms with E-state index in [-0.39, 0.29) is 6.61 Å². The highest BCUT2D eigenvalue weighted by Crippen LogP contribution is 2.33. The second-order valence-electron chi connectivity index (χ2n) is 7.64. The van der Waals surface area contributed by atoms with Crippen LogP contribution < -0.4 is 10.1 Å². The first kappa shape index (κ1) is 19.2. The van der Waals surface area contributed by atoms with Crippen molar-refractivity contribution in [1.82, 2.24) is 4.98 Å². The molecule has 0 aliphatic carbocycles. The maximum Gasteiger partial charge on any atom is 0.129 e. The van der Waals surface area contributed by atoms with Crippen LogP contribution in [0.1, 0.15) is 0 Å². The number of aromatic nitrogens is 1. The van der Waals surface area contributed by atoms with Gasteiger partial charge in [0.2, 0.25) is 0 Å². The second-order valence-corrected chi connectivity index (χ2v) is 7.64. The third-order valence-electron chi connectivity index (χ3n) is 5.46. The number of ether oxygens (including phenoxy) is 1. The minimum Gasteiger partial charge on any atom is -0.490 e. The molecule has 1 aromatic heterocycles. The van der Waals surface area contributed by atoms with E-state index in [2.05, 4.69) is 46.7 Å². The summed E-state index contributed by atoms with van der Waals surface area (Å²) in [5.74, 6) is 0.779. The van der Waals surface area contributed by atoms with Crippen molar-refractivity contribution < 1.29 is 9.84 Å². The molecule has 0 amide bonds. The number of hydrogen-bond acceptors (Lipinski definition) is 3. The van der Waals surface area contributed by atoms with E-state index < -0.39 is 6.10 Å². The zero-order valence-corrected chi connectivity index (χ0v) is 17.1. The minimum absolute atomic E-state index is 0.216. The summed E-state index contributed by atoms with van der Waals surface area (Å²) in [5.41, 5.74) is 5.44. The van der Waals surface area contributed by atoms with Crippen LogP contribution in [0.5, 0.6) is 5.75 Å². The van der Waals surface area contributed by atoms with Crippen LogP contribution >= 0.6 is 0 Å². The standard InChI is InChI=1S/C27H24N2O2/c30-22(17-28-21-15-13-20(14-16-21)19-7-2-1-3-8-19)18-31-26-12-6-11-25-27(26)23-9-4-5-10-24(23)29-25/h1-16,22,28-30H,17-18H2. The summed E-state index contributed by atoms with van der Waals surface area (Å²) < 4.78 is 6.00. The molecule has 0 aliphatic rings. The number of aliphatic hydroxyl groups excluding tert-OH is 1. The van der Waals surface area contributed by atoms with Gasteiger partial charge in [0.15, 0.2) is 0 Å². The number of aliphatic hydroxyl groups is 1. The largest absolute Gasteiger partial charge is 0.490 e. The first-order valence-electron chi connectivity index (χ1n) is 10.5. The summed E-state index contributed by atoms with van der Waals surface area (Å²) in [4.78, 5) is 3.41. The fraction of sp³-hybridized carbons (Fsp3) is 0.111. The van der Waals surface area contributed by atoms with Gasteiger partial charge in [-0.15, -0.1) is 0 Å². The second kappa shape index (κ2) is 8.54. The number of benzene rings is 4. The van der Waals surface area contributed by atoms with Crippen LogP contribution in [0.25, 0.3) is 32.9 Å². The fourth-order valence-electron chi connectivity index (χ4n) is 3.88. The lowest BCUT2D eigenvalue weighted by Crippen LogP contribution is -2.26. The Bertz CT molecular complexity index is 1290. The lowest BCUT2D eigenvalue weighted by Gasteiger charge is -2.15. The van der Waals surface area contributed by atoms with Gasteiger partial charge in [0.05, 0.1) is 5.52 Å².